The number of thioether (sulfide) groups is 1. The molecule has 0 aliphatic heterocycles. The molecule has 0 unspecified atom stereocenters. The van der Waals surface area contributed by atoms with Crippen molar-refractivity contribution in [3.8, 4) is 0 Å². The third kappa shape index (κ3) is 3.75. The molecule has 2 rings (SSSR count). The fourth-order valence-corrected chi connectivity index (χ4v) is 3.51. The van der Waals surface area contributed by atoms with Gasteiger partial charge in [-0.05, 0) is 26.0 Å². The Bertz CT molecular complexity index is 505. The van der Waals surface area contributed by atoms with E-state index >= 15 is 0 Å². The SMILES string of the molecule is CCNc1ncc([N+](=O)[O-])c(NCC2(SC)CCCC2)n1. The molecule has 1 saturated carbocycles. The van der Waals surface area contributed by atoms with Crippen molar-refractivity contribution < 1.29 is 4.92 Å². The zero-order chi connectivity index (χ0) is 15.3. The van der Waals surface area contributed by atoms with Gasteiger partial charge in [0.1, 0.15) is 6.20 Å². The van der Waals surface area contributed by atoms with E-state index in [4.69, 9.17) is 0 Å². The number of hydrogen-bond donors (Lipinski definition) is 2. The molecule has 1 aromatic heterocycles. The van der Waals surface area contributed by atoms with Gasteiger partial charge < -0.3 is 10.6 Å². The van der Waals surface area contributed by atoms with Crippen LogP contribution in [0.3, 0.4) is 0 Å². The predicted molar refractivity (Wildman–Crippen MR) is 86.1 cm³/mol. The maximum Gasteiger partial charge on any atom is 0.329 e. The second-order valence-electron chi connectivity index (χ2n) is 5.16. The first-order valence-electron chi connectivity index (χ1n) is 7.14. The van der Waals surface area contributed by atoms with E-state index < -0.39 is 4.92 Å². The van der Waals surface area contributed by atoms with Crippen LogP contribution in [0.2, 0.25) is 0 Å². The summed E-state index contributed by atoms with van der Waals surface area (Å²) in [6.45, 7) is 3.29. The Labute approximate surface area is 128 Å². The van der Waals surface area contributed by atoms with Gasteiger partial charge in [-0.3, -0.25) is 10.1 Å². The standard InChI is InChI=1S/C13H21N5O2S/c1-3-14-12-15-8-10(18(19)20)11(17-12)16-9-13(21-2)6-4-5-7-13/h8H,3-7,9H2,1-2H3,(H2,14,15,16,17). The zero-order valence-electron chi connectivity index (χ0n) is 12.4. The van der Waals surface area contributed by atoms with Gasteiger partial charge in [-0.1, -0.05) is 12.8 Å². The van der Waals surface area contributed by atoms with Crippen molar-refractivity contribution in [2.75, 3.05) is 30.0 Å². The van der Waals surface area contributed by atoms with Crippen LogP contribution in [0.5, 0.6) is 0 Å². The number of nitrogens with one attached hydrogen (secondary N) is 2. The Kier molecular flexibility index (Phi) is 5.22. The summed E-state index contributed by atoms with van der Waals surface area (Å²) in [7, 11) is 0. The largest absolute Gasteiger partial charge is 0.363 e. The fraction of sp³-hybridized carbons (Fsp3) is 0.692. The summed E-state index contributed by atoms with van der Waals surface area (Å²) in [5.74, 6) is 0.710. The van der Waals surface area contributed by atoms with Crippen LogP contribution in [-0.4, -0.2) is 39.0 Å². The number of hydrogen-bond acceptors (Lipinski definition) is 7. The Morgan fingerprint density at radius 1 is 1.43 bits per heavy atom. The molecule has 0 aromatic carbocycles. The third-order valence-electron chi connectivity index (χ3n) is 3.83. The number of anilines is 2. The lowest BCUT2D eigenvalue weighted by molar-refractivity contribution is -0.384. The predicted octanol–water partition coefficient (Wildman–Crippen LogP) is 2.90. The number of nitro groups is 1. The number of aromatic nitrogens is 2. The molecule has 0 bridgehead atoms. The highest BCUT2D eigenvalue weighted by Crippen LogP contribution is 2.40. The van der Waals surface area contributed by atoms with Gasteiger partial charge >= 0.3 is 5.69 Å². The van der Waals surface area contributed by atoms with Crippen LogP contribution in [0.25, 0.3) is 0 Å². The monoisotopic (exact) mass is 311 g/mol. The van der Waals surface area contributed by atoms with Crippen molar-refractivity contribution >= 4 is 29.2 Å². The molecule has 2 N–H and O–H groups in total. The van der Waals surface area contributed by atoms with E-state index in [0.29, 0.717) is 24.9 Å². The Balaban J connectivity index is 2.16. The Hall–Kier alpha value is -1.57. The summed E-state index contributed by atoms with van der Waals surface area (Å²) in [6.07, 6.45) is 8.08. The van der Waals surface area contributed by atoms with Crippen molar-refractivity contribution in [3.05, 3.63) is 16.3 Å². The molecule has 8 heteroatoms. The van der Waals surface area contributed by atoms with Crippen LogP contribution in [0.4, 0.5) is 17.5 Å². The molecule has 21 heavy (non-hydrogen) atoms. The van der Waals surface area contributed by atoms with Gasteiger partial charge in [0.2, 0.25) is 11.8 Å². The highest BCUT2D eigenvalue weighted by atomic mass is 32.2. The minimum atomic E-state index is -0.446. The average molecular weight is 311 g/mol. The van der Waals surface area contributed by atoms with E-state index in [1.54, 1.807) is 0 Å². The quantitative estimate of drug-likeness (QED) is 0.590. The molecular formula is C13H21N5O2S. The van der Waals surface area contributed by atoms with Crippen LogP contribution in [0.15, 0.2) is 6.20 Å². The minimum Gasteiger partial charge on any atom is -0.363 e. The maximum atomic E-state index is 11.1. The van der Waals surface area contributed by atoms with Crippen LogP contribution >= 0.6 is 11.8 Å². The molecule has 0 saturated heterocycles. The van der Waals surface area contributed by atoms with Gasteiger partial charge in [-0.15, -0.1) is 0 Å². The Morgan fingerprint density at radius 3 is 2.71 bits per heavy atom. The van der Waals surface area contributed by atoms with E-state index in [9.17, 15) is 10.1 Å². The van der Waals surface area contributed by atoms with Crippen LogP contribution < -0.4 is 10.6 Å². The molecule has 1 aliphatic carbocycles. The summed E-state index contributed by atoms with van der Waals surface area (Å²) < 4.78 is 0.164. The van der Waals surface area contributed by atoms with Crippen molar-refractivity contribution in [2.45, 2.75) is 37.4 Å². The molecule has 1 heterocycles. The molecule has 7 nitrogen and oxygen atoms in total. The molecule has 0 radical (unpaired) electrons. The summed E-state index contributed by atoms with van der Waals surface area (Å²) in [4.78, 5) is 18.8. The van der Waals surface area contributed by atoms with Gasteiger partial charge in [0.15, 0.2) is 0 Å². The van der Waals surface area contributed by atoms with Crippen molar-refractivity contribution in [1.82, 2.24) is 9.97 Å². The van der Waals surface area contributed by atoms with E-state index in [2.05, 4.69) is 26.9 Å². The van der Waals surface area contributed by atoms with Crippen molar-refractivity contribution in [2.24, 2.45) is 0 Å². The minimum absolute atomic E-state index is 0.0779. The molecule has 1 aliphatic rings. The molecule has 1 fully saturated rings. The average Bonchev–Trinajstić information content (AvgIpc) is 2.95. The first kappa shape index (κ1) is 15.8. The van der Waals surface area contributed by atoms with E-state index in [1.165, 1.54) is 19.0 Å². The van der Waals surface area contributed by atoms with Crippen LogP contribution in [-0.2, 0) is 0 Å². The van der Waals surface area contributed by atoms with Gasteiger partial charge in [-0.2, -0.15) is 16.7 Å². The Morgan fingerprint density at radius 2 is 2.14 bits per heavy atom. The van der Waals surface area contributed by atoms with E-state index in [-0.39, 0.29) is 10.4 Å². The first-order valence-corrected chi connectivity index (χ1v) is 8.37. The molecule has 116 valence electrons. The summed E-state index contributed by atoms with van der Waals surface area (Å²) in [5.41, 5.74) is -0.0779. The molecule has 0 amide bonds. The lowest BCUT2D eigenvalue weighted by Gasteiger charge is -2.27. The molecular weight excluding hydrogens is 290 g/mol. The van der Waals surface area contributed by atoms with Crippen LogP contribution in [0, 0.1) is 10.1 Å². The topological polar surface area (TPSA) is 93.0 Å². The fourth-order valence-electron chi connectivity index (χ4n) is 2.60. The first-order chi connectivity index (χ1) is 10.1. The summed E-state index contributed by atoms with van der Waals surface area (Å²) in [6, 6.07) is 0. The van der Waals surface area contributed by atoms with Crippen LogP contribution in [0.1, 0.15) is 32.6 Å². The maximum absolute atomic E-state index is 11.1. The van der Waals surface area contributed by atoms with Gasteiger partial charge in [0, 0.05) is 17.8 Å². The number of nitrogens with zero attached hydrogens (tertiary/aromatic N) is 3. The zero-order valence-corrected chi connectivity index (χ0v) is 13.2. The van der Waals surface area contributed by atoms with Crippen molar-refractivity contribution in [1.29, 1.82) is 0 Å². The number of rotatable bonds is 7. The van der Waals surface area contributed by atoms with Gasteiger partial charge in [-0.25, -0.2) is 4.98 Å². The highest BCUT2D eigenvalue weighted by Gasteiger charge is 2.33. The molecule has 1 aromatic rings. The van der Waals surface area contributed by atoms with Crippen molar-refractivity contribution in [3.63, 3.8) is 0 Å². The second kappa shape index (κ2) is 6.93. The summed E-state index contributed by atoms with van der Waals surface area (Å²) >= 11 is 1.84. The molecule has 0 atom stereocenters. The third-order valence-corrected chi connectivity index (χ3v) is 5.25. The summed E-state index contributed by atoms with van der Waals surface area (Å²) in [5, 5.41) is 17.2. The lowest BCUT2D eigenvalue weighted by Crippen LogP contribution is -2.30. The van der Waals surface area contributed by atoms with Gasteiger partial charge in [0.05, 0.1) is 4.92 Å². The normalized spacial score (nSPS) is 16.7. The second-order valence-corrected chi connectivity index (χ2v) is 6.44. The van der Waals surface area contributed by atoms with Gasteiger partial charge in [0.25, 0.3) is 0 Å². The van der Waals surface area contributed by atoms with E-state index in [1.807, 2.05) is 18.7 Å². The smallest absolute Gasteiger partial charge is 0.329 e. The molecule has 0 spiro atoms. The lowest BCUT2D eigenvalue weighted by atomic mass is 10.1. The highest BCUT2D eigenvalue weighted by molar-refractivity contribution is 8.00. The van der Waals surface area contributed by atoms with E-state index in [0.717, 1.165) is 12.8 Å².